The Bertz CT molecular complexity index is 144. The van der Waals surface area contributed by atoms with Gasteiger partial charge in [-0.3, -0.25) is 0 Å². The summed E-state index contributed by atoms with van der Waals surface area (Å²) in [6.07, 6.45) is 1.26. The molecule has 5 heteroatoms. The minimum atomic E-state index is -0.736. The largest absolute Gasteiger partial charge is 0.509 e. The van der Waals surface area contributed by atoms with Crippen LogP contribution < -0.4 is 0 Å². The molecule has 70 valence electrons. The van der Waals surface area contributed by atoms with Crippen LogP contribution in [0.5, 0.6) is 0 Å². The van der Waals surface area contributed by atoms with Crippen molar-refractivity contribution in [3.8, 4) is 0 Å². The molecule has 1 unspecified atom stereocenters. The molecule has 0 saturated carbocycles. The first-order valence-electron chi connectivity index (χ1n) is 3.80. The first-order chi connectivity index (χ1) is 5.83. The zero-order valence-corrected chi connectivity index (χ0v) is 7.38. The molecule has 0 N–H and O–H groups in total. The van der Waals surface area contributed by atoms with Gasteiger partial charge in [-0.15, -0.1) is 0 Å². The summed E-state index contributed by atoms with van der Waals surface area (Å²) in [5, 5.41) is 0. The van der Waals surface area contributed by atoms with Gasteiger partial charge in [0.25, 0.3) is 0 Å². The van der Waals surface area contributed by atoms with Crippen molar-refractivity contribution in [2.75, 3.05) is 19.3 Å². The van der Waals surface area contributed by atoms with Crippen LogP contribution in [0.25, 0.3) is 0 Å². The predicted molar refractivity (Wildman–Crippen MR) is 42.1 cm³/mol. The van der Waals surface area contributed by atoms with Crippen molar-refractivity contribution in [3.05, 3.63) is 0 Å². The highest BCUT2D eigenvalue weighted by molar-refractivity contribution is 6.17. The van der Waals surface area contributed by atoms with E-state index in [0.717, 1.165) is 19.4 Å². The summed E-state index contributed by atoms with van der Waals surface area (Å²) < 4.78 is 14.3. The average Bonchev–Trinajstić information content (AvgIpc) is 2.53. The van der Waals surface area contributed by atoms with E-state index in [-0.39, 0.29) is 18.8 Å². The third-order valence-corrected chi connectivity index (χ3v) is 1.69. The molecular formula is C7H11ClO4. The van der Waals surface area contributed by atoms with Crippen LogP contribution in [0.4, 0.5) is 4.79 Å². The predicted octanol–water partition coefficient (Wildman–Crippen LogP) is 1.51. The monoisotopic (exact) mass is 194 g/mol. The summed E-state index contributed by atoms with van der Waals surface area (Å²) in [4.78, 5) is 10.6. The molecule has 1 aliphatic heterocycles. The Balaban J connectivity index is 2.03. The molecule has 0 aliphatic carbocycles. The second-order valence-corrected chi connectivity index (χ2v) is 2.67. The van der Waals surface area contributed by atoms with Crippen LogP contribution in [0.3, 0.4) is 0 Å². The van der Waals surface area contributed by atoms with Crippen molar-refractivity contribution in [3.63, 3.8) is 0 Å². The van der Waals surface area contributed by atoms with Gasteiger partial charge in [-0.05, 0) is 12.8 Å². The number of carbonyl (C=O) groups is 1. The van der Waals surface area contributed by atoms with Crippen LogP contribution in [-0.4, -0.2) is 31.5 Å². The zero-order valence-electron chi connectivity index (χ0n) is 6.62. The molecule has 1 aliphatic rings. The highest BCUT2D eigenvalue weighted by atomic mass is 35.5. The Labute approximate surface area is 75.7 Å². The molecule has 0 spiro atoms. The minimum Gasteiger partial charge on any atom is -0.431 e. The smallest absolute Gasteiger partial charge is 0.431 e. The molecular weight excluding hydrogens is 184 g/mol. The molecule has 1 rings (SSSR count). The molecule has 0 aromatic rings. The average molecular weight is 195 g/mol. The molecule has 0 bridgehead atoms. The summed E-state index contributed by atoms with van der Waals surface area (Å²) in [7, 11) is 0. The Kier molecular flexibility index (Phi) is 4.18. The fraction of sp³-hybridized carbons (Fsp3) is 0.857. The molecule has 1 saturated heterocycles. The lowest BCUT2D eigenvalue weighted by molar-refractivity contribution is 0.0139. The van der Waals surface area contributed by atoms with E-state index in [9.17, 15) is 4.79 Å². The number of carbonyl (C=O) groups excluding carboxylic acids is 1. The summed E-state index contributed by atoms with van der Waals surface area (Å²) in [5.41, 5.74) is 0. The van der Waals surface area contributed by atoms with Gasteiger partial charge in [0, 0.05) is 6.61 Å². The van der Waals surface area contributed by atoms with Crippen LogP contribution in [0.2, 0.25) is 0 Å². The normalized spacial score (nSPS) is 22.2. The standard InChI is InChI=1S/C7H11ClO4/c8-5-12-7(9)11-4-6-2-1-3-10-6/h6H,1-5H2. The van der Waals surface area contributed by atoms with Gasteiger partial charge >= 0.3 is 6.16 Å². The van der Waals surface area contributed by atoms with E-state index >= 15 is 0 Å². The zero-order chi connectivity index (χ0) is 8.81. The number of hydrogen-bond donors (Lipinski definition) is 0. The Morgan fingerprint density at radius 1 is 1.58 bits per heavy atom. The molecule has 12 heavy (non-hydrogen) atoms. The van der Waals surface area contributed by atoms with Crippen molar-refractivity contribution in [2.45, 2.75) is 18.9 Å². The Hall–Kier alpha value is -0.480. The molecule has 0 radical (unpaired) electrons. The third-order valence-electron chi connectivity index (χ3n) is 1.58. The van der Waals surface area contributed by atoms with Crippen molar-refractivity contribution in [1.29, 1.82) is 0 Å². The first-order valence-corrected chi connectivity index (χ1v) is 4.33. The highest BCUT2D eigenvalue weighted by Gasteiger charge is 2.17. The summed E-state index contributed by atoms with van der Waals surface area (Å²) >= 11 is 5.14. The van der Waals surface area contributed by atoms with Gasteiger partial charge in [-0.2, -0.15) is 0 Å². The summed E-state index contributed by atoms with van der Waals surface area (Å²) in [6, 6.07) is -0.176. The maximum atomic E-state index is 10.6. The number of ether oxygens (including phenoxy) is 3. The number of rotatable bonds is 3. The maximum absolute atomic E-state index is 10.6. The van der Waals surface area contributed by atoms with Gasteiger partial charge in [0.2, 0.25) is 0 Å². The molecule has 1 heterocycles. The molecule has 1 atom stereocenters. The van der Waals surface area contributed by atoms with Gasteiger partial charge in [0.15, 0.2) is 6.07 Å². The molecule has 0 aromatic heterocycles. The van der Waals surface area contributed by atoms with E-state index in [1.54, 1.807) is 0 Å². The molecule has 0 aromatic carbocycles. The summed E-state index contributed by atoms with van der Waals surface area (Å²) in [6.45, 7) is 1.01. The topological polar surface area (TPSA) is 44.8 Å². The molecule has 0 amide bonds. The fourth-order valence-electron chi connectivity index (χ4n) is 1.02. The van der Waals surface area contributed by atoms with Crippen molar-refractivity contribution >= 4 is 17.8 Å². The van der Waals surface area contributed by atoms with E-state index in [1.165, 1.54) is 0 Å². The van der Waals surface area contributed by atoms with Crippen LogP contribution in [0, 0.1) is 0 Å². The molecule has 1 fully saturated rings. The number of hydrogen-bond acceptors (Lipinski definition) is 4. The maximum Gasteiger partial charge on any atom is 0.509 e. The van der Waals surface area contributed by atoms with Gasteiger partial charge in [0.05, 0.1) is 6.10 Å². The number of halogens is 1. The first kappa shape index (κ1) is 9.61. The Morgan fingerprint density at radius 2 is 2.42 bits per heavy atom. The van der Waals surface area contributed by atoms with Crippen LogP contribution in [0.1, 0.15) is 12.8 Å². The van der Waals surface area contributed by atoms with E-state index in [0.29, 0.717) is 0 Å². The van der Waals surface area contributed by atoms with Gasteiger partial charge in [-0.1, -0.05) is 11.6 Å². The Morgan fingerprint density at radius 3 is 3.00 bits per heavy atom. The number of alkyl halides is 1. The molecule has 4 nitrogen and oxygen atoms in total. The third kappa shape index (κ3) is 3.28. The quantitative estimate of drug-likeness (QED) is 0.505. The van der Waals surface area contributed by atoms with Crippen molar-refractivity contribution in [2.24, 2.45) is 0 Å². The van der Waals surface area contributed by atoms with Crippen molar-refractivity contribution in [1.82, 2.24) is 0 Å². The van der Waals surface area contributed by atoms with Crippen LogP contribution in [-0.2, 0) is 14.2 Å². The van der Waals surface area contributed by atoms with Crippen LogP contribution >= 0.6 is 11.6 Å². The SMILES string of the molecule is O=C(OCCl)OCC1CCCO1. The van der Waals surface area contributed by atoms with Gasteiger partial charge < -0.3 is 14.2 Å². The second-order valence-electron chi connectivity index (χ2n) is 2.45. The second kappa shape index (κ2) is 5.22. The van der Waals surface area contributed by atoms with Gasteiger partial charge in [0.1, 0.15) is 6.61 Å². The van der Waals surface area contributed by atoms with E-state index in [1.807, 2.05) is 0 Å². The lowest BCUT2D eigenvalue weighted by atomic mass is 10.2. The van der Waals surface area contributed by atoms with E-state index in [4.69, 9.17) is 21.1 Å². The van der Waals surface area contributed by atoms with Crippen molar-refractivity contribution < 1.29 is 19.0 Å². The fourth-order valence-corrected chi connectivity index (χ4v) is 1.11. The van der Waals surface area contributed by atoms with Crippen LogP contribution in [0.15, 0.2) is 0 Å². The van der Waals surface area contributed by atoms with E-state index in [2.05, 4.69) is 4.74 Å². The highest BCUT2D eigenvalue weighted by Crippen LogP contribution is 2.12. The van der Waals surface area contributed by atoms with Gasteiger partial charge in [-0.25, -0.2) is 4.79 Å². The van der Waals surface area contributed by atoms with E-state index < -0.39 is 6.16 Å². The lowest BCUT2D eigenvalue weighted by Crippen LogP contribution is -2.18. The summed E-state index contributed by atoms with van der Waals surface area (Å²) in [5.74, 6) is 0. The lowest BCUT2D eigenvalue weighted by Gasteiger charge is -2.08. The minimum absolute atomic E-state index is 0.0351.